The highest BCUT2D eigenvalue weighted by Crippen LogP contribution is 2.23. The predicted molar refractivity (Wildman–Crippen MR) is 128 cm³/mol. The Balaban J connectivity index is 1.42. The molecule has 34 heavy (non-hydrogen) atoms. The molecular formula is C27H29N3O4. The van der Waals surface area contributed by atoms with E-state index in [1.165, 1.54) is 0 Å². The second-order valence-electron chi connectivity index (χ2n) is 8.61. The van der Waals surface area contributed by atoms with Gasteiger partial charge in [0.25, 0.3) is 11.8 Å². The van der Waals surface area contributed by atoms with Crippen LogP contribution in [-0.4, -0.2) is 41.8 Å². The molecule has 4 rings (SSSR count). The Hall–Kier alpha value is -3.87. The van der Waals surface area contributed by atoms with Gasteiger partial charge in [-0.3, -0.25) is 14.4 Å². The minimum Gasteiger partial charge on any atom is -0.467 e. The van der Waals surface area contributed by atoms with E-state index in [0.29, 0.717) is 42.8 Å². The van der Waals surface area contributed by atoms with Crippen molar-refractivity contribution < 1.29 is 18.8 Å². The molecule has 1 atom stereocenters. The van der Waals surface area contributed by atoms with Gasteiger partial charge in [0.15, 0.2) is 0 Å². The molecule has 0 saturated carbocycles. The Kier molecular flexibility index (Phi) is 7.42. The maximum atomic E-state index is 13.1. The fourth-order valence-corrected chi connectivity index (χ4v) is 4.22. The summed E-state index contributed by atoms with van der Waals surface area (Å²) in [6, 6.07) is 19.2. The van der Waals surface area contributed by atoms with E-state index in [2.05, 4.69) is 10.6 Å². The lowest BCUT2D eigenvalue weighted by atomic mass is 9.88. The quantitative estimate of drug-likeness (QED) is 0.565. The first kappa shape index (κ1) is 23.3. The number of hydrogen-bond donors (Lipinski definition) is 2. The predicted octanol–water partition coefficient (Wildman–Crippen LogP) is 3.56. The highest BCUT2D eigenvalue weighted by atomic mass is 16.3. The molecule has 1 aliphatic rings. The molecule has 0 spiro atoms. The van der Waals surface area contributed by atoms with E-state index < -0.39 is 6.04 Å². The number of amides is 3. The zero-order valence-corrected chi connectivity index (χ0v) is 19.2. The molecule has 3 amide bonds. The fourth-order valence-electron chi connectivity index (χ4n) is 4.22. The Bertz CT molecular complexity index is 1100. The van der Waals surface area contributed by atoms with Crippen LogP contribution >= 0.6 is 0 Å². The molecule has 7 heteroatoms. The van der Waals surface area contributed by atoms with E-state index in [1.54, 1.807) is 42.7 Å². The smallest absolute Gasteiger partial charge is 0.253 e. The van der Waals surface area contributed by atoms with Gasteiger partial charge in [-0.1, -0.05) is 35.9 Å². The molecule has 3 aromatic rings. The van der Waals surface area contributed by atoms with Crippen LogP contribution in [0.25, 0.3) is 0 Å². The lowest BCUT2D eigenvalue weighted by Gasteiger charge is -2.36. The number of hydrogen-bond acceptors (Lipinski definition) is 4. The Labute approximate surface area is 199 Å². The minimum absolute atomic E-state index is 0.00871. The summed E-state index contributed by atoms with van der Waals surface area (Å²) in [5.41, 5.74) is 2.26. The summed E-state index contributed by atoms with van der Waals surface area (Å²) in [5.74, 6) is -0.0159. The summed E-state index contributed by atoms with van der Waals surface area (Å²) in [6.45, 7) is 3.29. The molecule has 7 nitrogen and oxygen atoms in total. The van der Waals surface area contributed by atoms with Crippen LogP contribution in [0.4, 0.5) is 0 Å². The van der Waals surface area contributed by atoms with Gasteiger partial charge in [0.05, 0.1) is 12.8 Å². The number of benzene rings is 2. The van der Waals surface area contributed by atoms with E-state index in [9.17, 15) is 14.4 Å². The maximum absolute atomic E-state index is 13.1. The second-order valence-corrected chi connectivity index (χ2v) is 8.61. The van der Waals surface area contributed by atoms with Gasteiger partial charge in [-0.15, -0.1) is 0 Å². The number of carbonyl (C=O) groups excluding carboxylic acids is 3. The van der Waals surface area contributed by atoms with Gasteiger partial charge in [0.2, 0.25) is 5.91 Å². The first-order chi connectivity index (χ1) is 16.5. The van der Waals surface area contributed by atoms with Crippen LogP contribution in [0.2, 0.25) is 0 Å². The number of rotatable bonds is 7. The van der Waals surface area contributed by atoms with Crippen molar-refractivity contribution in [3.8, 4) is 0 Å². The van der Waals surface area contributed by atoms with Gasteiger partial charge >= 0.3 is 0 Å². The molecule has 1 fully saturated rings. The van der Waals surface area contributed by atoms with E-state index in [4.69, 9.17) is 4.42 Å². The molecule has 0 radical (unpaired) electrons. The monoisotopic (exact) mass is 459 g/mol. The molecule has 2 aromatic carbocycles. The molecule has 2 N–H and O–H groups in total. The van der Waals surface area contributed by atoms with Crippen LogP contribution in [-0.2, 0) is 11.3 Å². The minimum atomic E-state index is -0.709. The lowest BCUT2D eigenvalue weighted by molar-refractivity contribution is -0.124. The summed E-state index contributed by atoms with van der Waals surface area (Å²) >= 11 is 0. The zero-order chi connectivity index (χ0) is 23.9. The zero-order valence-electron chi connectivity index (χ0n) is 19.2. The van der Waals surface area contributed by atoms with Crippen LogP contribution in [0.3, 0.4) is 0 Å². The summed E-state index contributed by atoms with van der Waals surface area (Å²) in [4.78, 5) is 40.7. The van der Waals surface area contributed by atoms with Crippen molar-refractivity contribution in [2.45, 2.75) is 32.4 Å². The topological polar surface area (TPSA) is 91.7 Å². The van der Waals surface area contributed by atoms with Gasteiger partial charge in [-0.2, -0.15) is 0 Å². The molecule has 1 saturated heterocycles. The van der Waals surface area contributed by atoms with Crippen molar-refractivity contribution in [2.75, 3.05) is 13.1 Å². The van der Waals surface area contributed by atoms with Crippen molar-refractivity contribution in [3.63, 3.8) is 0 Å². The van der Waals surface area contributed by atoms with Crippen LogP contribution in [0, 0.1) is 12.8 Å². The summed E-state index contributed by atoms with van der Waals surface area (Å²) in [7, 11) is 0. The number of aryl methyl sites for hydroxylation is 1. The Morgan fingerprint density at radius 1 is 0.941 bits per heavy atom. The largest absolute Gasteiger partial charge is 0.467 e. The van der Waals surface area contributed by atoms with Gasteiger partial charge < -0.3 is 20.0 Å². The third-order valence-electron chi connectivity index (χ3n) is 6.22. The highest BCUT2D eigenvalue weighted by Gasteiger charge is 2.34. The van der Waals surface area contributed by atoms with Gasteiger partial charge in [0.1, 0.15) is 11.8 Å². The molecule has 0 bridgehead atoms. The van der Waals surface area contributed by atoms with Crippen molar-refractivity contribution >= 4 is 17.7 Å². The van der Waals surface area contributed by atoms with Crippen molar-refractivity contribution in [1.82, 2.24) is 15.5 Å². The average molecular weight is 460 g/mol. The second kappa shape index (κ2) is 10.8. The maximum Gasteiger partial charge on any atom is 0.253 e. The van der Waals surface area contributed by atoms with E-state index in [-0.39, 0.29) is 30.2 Å². The van der Waals surface area contributed by atoms with Gasteiger partial charge in [0, 0.05) is 24.2 Å². The third kappa shape index (κ3) is 5.73. The summed E-state index contributed by atoms with van der Waals surface area (Å²) < 4.78 is 5.30. The van der Waals surface area contributed by atoms with E-state index in [1.807, 2.05) is 42.2 Å². The first-order valence-corrected chi connectivity index (χ1v) is 11.5. The molecule has 1 aliphatic heterocycles. The Morgan fingerprint density at radius 2 is 1.65 bits per heavy atom. The number of nitrogens with zero attached hydrogens (tertiary/aromatic N) is 1. The van der Waals surface area contributed by atoms with E-state index in [0.717, 1.165) is 5.56 Å². The van der Waals surface area contributed by atoms with Gasteiger partial charge in [-0.25, -0.2) is 0 Å². The number of likely N-dealkylation sites (tertiary alicyclic amines) is 1. The van der Waals surface area contributed by atoms with Crippen LogP contribution in [0.5, 0.6) is 0 Å². The van der Waals surface area contributed by atoms with Crippen LogP contribution < -0.4 is 10.6 Å². The molecule has 0 unspecified atom stereocenters. The molecule has 0 aliphatic carbocycles. The SMILES string of the molecule is Cc1ccc(C(=O)N2CCC([C@@H](NC(=O)c3ccccc3)C(=O)NCc3ccco3)CC2)cc1. The lowest BCUT2D eigenvalue weighted by Crippen LogP contribution is -2.53. The normalized spacial score (nSPS) is 14.9. The number of nitrogens with one attached hydrogen (secondary N) is 2. The van der Waals surface area contributed by atoms with Crippen LogP contribution in [0.1, 0.15) is 44.9 Å². The van der Waals surface area contributed by atoms with Crippen molar-refractivity contribution in [2.24, 2.45) is 5.92 Å². The number of carbonyl (C=O) groups is 3. The molecule has 2 heterocycles. The molecule has 176 valence electrons. The Morgan fingerprint density at radius 3 is 2.29 bits per heavy atom. The average Bonchev–Trinajstić information content (AvgIpc) is 3.40. The number of furan rings is 1. The van der Waals surface area contributed by atoms with Crippen molar-refractivity contribution in [1.29, 1.82) is 0 Å². The first-order valence-electron chi connectivity index (χ1n) is 11.5. The standard InChI is InChI=1S/C27H29N3O4/c1-19-9-11-22(12-10-19)27(33)30-15-13-20(14-16-30)24(26(32)28-18-23-8-5-17-34-23)29-25(31)21-6-3-2-4-7-21/h2-12,17,20,24H,13-16,18H2,1H3,(H,28,32)(H,29,31)/t24-/m1/s1. The molecular weight excluding hydrogens is 430 g/mol. The van der Waals surface area contributed by atoms with E-state index >= 15 is 0 Å². The number of piperidine rings is 1. The van der Waals surface area contributed by atoms with Gasteiger partial charge in [-0.05, 0) is 62.1 Å². The fraction of sp³-hybridized carbons (Fsp3) is 0.296. The highest BCUT2D eigenvalue weighted by molar-refractivity contribution is 5.97. The van der Waals surface area contributed by atoms with Crippen LogP contribution in [0.15, 0.2) is 77.4 Å². The third-order valence-corrected chi connectivity index (χ3v) is 6.22. The summed E-state index contributed by atoms with van der Waals surface area (Å²) in [6.07, 6.45) is 2.79. The van der Waals surface area contributed by atoms with Crippen molar-refractivity contribution in [3.05, 3.63) is 95.4 Å². The summed E-state index contributed by atoms with van der Waals surface area (Å²) in [5, 5.41) is 5.81. The molecule has 1 aromatic heterocycles.